The van der Waals surface area contributed by atoms with Crippen molar-refractivity contribution in [2.75, 3.05) is 7.11 Å². The van der Waals surface area contributed by atoms with Gasteiger partial charge in [-0.05, 0) is 19.1 Å². The van der Waals surface area contributed by atoms with E-state index in [0.717, 1.165) is 5.56 Å². The summed E-state index contributed by atoms with van der Waals surface area (Å²) < 4.78 is 4.90. The molecular formula is C13H13N5O2. The van der Waals surface area contributed by atoms with Crippen molar-refractivity contribution in [3.05, 3.63) is 48.2 Å². The predicted molar refractivity (Wildman–Crippen MR) is 72.5 cm³/mol. The van der Waals surface area contributed by atoms with E-state index in [1.54, 1.807) is 31.5 Å². The lowest BCUT2D eigenvalue weighted by Gasteiger charge is -2.03. The first-order chi connectivity index (χ1) is 9.70. The van der Waals surface area contributed by atoms with Crippen LogP contribution in [0, 0.1) is 0 Å². The minimum atomic E-state index is -0.454. The zero-order valence-electron chi connectivity index (χ0n) is 11.1. The lowest BCUT2D eigenvalue weighted by molar-refractivity contribution is 0.0948. The minimum absolute atomic E-state index is 0.135. The van der Waals surface area contributed by atoms with Crippen LogP contribution in [0.3, 0.4) is 0 Å². The van der Waals surface area contributed by atoms with Crippen molar-refractivity contribution in [2.45, 2.75) is 6.92 Å². The van der Waals surface area contributed by atoms with Gasteiger partial charge in [0.05, 0.1) is 25.2 Å². The molecule has 0 spiro atoms. The van der Waals surface area contributed by atoms with Gasteiger partial charge in [-0.2, -0.15) is 5.10 Å². The Hall–Kier alpha value is -2.83. The quantitative estimate of drug-likeness (QED) is 0.662. The van der Waals surface area contributed by atoms with Gasteiger partial charge in [-0.15, -0.1) is 0 Å². The van der Waals surface area contributed by atoms with Gasteiger partial charge in [-0.3, -0.25) is 14.8 Å². The number of hydrogen-bond donors (Lipinski definition) is 1. The normalized spacial score (nSPS) is 11.0. The van der Waals surface area contributed by atoms with E-state index in [0.29, 0.717) is 5.71 Å². The van der Waals surface area contributed by atoms with Gasteiger partial charge < -0.3 is 4.74 Å². The van der Waals surface area contributed by atoms with Crippen LogP contribution in [0.4, 0.5) is 0 Å². The summed E-state index contributed by atoms with van der Waals surface area (Å²) in [5.74, 6) is -0.183. The summed E-state index contributed by atoms with van der Waals surface area (Å²) in [6, 6.07) is 3.60. The first-order valence-corrected chi connectivity index (χ1v) is 5.82. The van der Waals surface area contributed by atoms with E-state index in [-0.39, 0.29) is 11.6 Å². The number of carbonyl (C=O) groups is 1. The van der Waals surface area contributed by atoms with Gasteiger partial charge in [-0.1, -0.05) is 0 Å². The third kappa shape index (κ3) is 3.35. The summed E-state index contributed by atoms with van der Waals surface area (Å²) in [6.45, 7) is 1.78. The van der Waals surface area contributed by atoms with Crippen molar-refractivity contribution in [1.29, 1.82) is 0 Å². The predicted octanol–water partition coefficient (Wildman–Crippen LogP) is 1.03. The highest BCUT2D eigenvalue weighted by Crippen LogP contribution is 2.04. The zero-order chi connectivity index (χ0) is 14.4. The molecule has 0 radical (unpaired) electrons. The lowest BCUT2D eigenvalue weighted by Crippen LogP contribution is -2.21. The molecule has 0 saturated heterocycles. The van der Waals surface area contributed by atoms with Crippen molar-refractivity contribution >= 4 is 11.6 Å². The molecule has 0 aliphatic rings. The van der Waals surface area contributed by atoms with Gasteiger partial charge in [0.1, 0.15) is 0 Å². The number of hydrazone groups is 1. The number of nitrogens with zero attached hydrogens (tertiary/aromatic N) is 4. The Kier molecular flexibility index (Phi) is 4.33. The number of rotatable bonds is 4. The molecule has 2 aromatic rings. The molecule has 0 bridgehead atoms. The molecule has 102 valence electrons. The fraction of sp³-hybridized carbons (Fsp3) is 0.154. The number of ether oxygens (including phenoxy) is 1. The summed E-state index contributed by atoms with van der Waals surface area (Å²) in [7, 11) is 1.46. The molecule has 0 atom stereocenters. The van der Waals surface area contributed by atoms with Crippen LogP contribution in [0.1, 0.15) is 23.0 Å². The highest BCUT2D eigenvalue weighted by atomic mass is 16.5. The Morgan fingerprint density at radius 3 is 2.70 bits per heavy atom. The SMILES string of the molecule is COc1cncc(C(=O)N/N=C(/C)c2ccncc2)n1. The molecule has 1 amide bonds. The van der Waals surface area contributed by atoms with E-state index in [9.17, 15) is 4.79 Å². The fourth-order valence-electron chi connectivity index (χ4n) is 1.41. The first-order valence-electron chi connectivity index (χ1n) is 5.82. The van der Waals surface area contributed by atoms with E-state index in [1.165, 1.54) is 19.5 Å². The Morgan fingerprint density at radius 2 is 2.00 bits per heavy atom. The van der Waals surface area contributed by atoms with Crippen molar-refractivity contribution in [2.24, 2.45) is 5.10 Å². The highest BCUT2D eigenvalue weighted by Gasteiger charge is 2.08. The summed E-state index contributed by atoms with van der Waals surface area (Å²) in [5.41, 5.74) is 4.09. The van der Waals surface area contributed by atoms with Gasteiger partial charge in [0, 0.05) is 18.0 Å². The number of amides is 1. The van der Waals surface area contributed by atoms with Gasteiger partial charge in [0.25, 0.3) is 5.91 Å². The molecule has 2 rings (SSSR count). The van der Waals surface area contributed by atoms with Crippen molar-refractivity contribution in [3.8, 4) is 5.88 Å². The molecule has 7 nitrogen and oxygen atoms in total. The standard InChI is InChI=1S/C13H13N5O2/c1-9(10-3-5-14-6-4-10)17-18-13(19)11-7-15-8-12(16-11)20-2/h3-8H,1-2H3,(H,18,19)/b17-9-. The molecule has 0 aliphatic heterocycles. The third-order valence-corrected chi connectivity index (χ3v) is 2.48. The van der Waals surface area contributed by atoms with Crippen LogP contribution in [0.5, 0.6) is 5.88 Å². The number of carbonyl (C=O) groups excluding carboxylic acids is 1. The van der Waals surface area contributed by atoms with E-state index in [4.69, 9.17) is 4.74 Å². The summed E-state index contributed by atoms with van der Waals surface area (Å²) in [4.78, 5) is 23.6. The first kappa shape index (κ1) is 13.6. The number of methoxy groups -OCH3 is 1. The molecule has 1 N–H and O–H groups in total. The molecule has 0 unspecified atom stereocenters. The molecule has 0 aromatic carbocycles. The Labute approximate surface area is 115 Å². The van der Waals surface area contributed by atoms with Crippen LogP contribution in [0.25, 0.3) is 0 Å². The van der Waals surface area contributed by atoms with Crippen LogP contribution in [-0.4, -0.2) is 33.7 Å². The zero-order valence-corrected chi connectivity index (χ0v) is 11.1. The molecule has 0 fully saturated rings. The van der Waals surface area contributed by atoms with Gasteiger partial charge >= 0.3 is 0 Å². The van der Waals surface area contributed by atoms with Crippen molar-refractivity contribution in [1.82, 2.24) is 20.4 Å². The molecule has 0 saturated carbocycles. The van der Waals surface area contributed by atoms with E-state index in [1.807, 2.05) is 0 Å². The Morgan fingerprint density at radius 1 is 1.25 bits per heavy atom. The second-order valence-electron chi connectivity index (χ2n) is 3.82. The van der Waals surface area contributed by atoms with Crippen molar-refractivity contribution in [3.63, 3.8) is 0 Å². The topological polar surface area (TPSA) is 89.4 Å². The second kappa shape index (κ2) is 6.37. The Balaban J connectivity index is 2.08. The van der Waals surface area contributed by atoms with Crippen molar-refractivity contribution < 1.29 is 9.53 Å². The minimum Gasteiger partial charge on any atom is -0.480 e. The van der Waals surface area contributed by atoms with Crippen LogP contribution in [0.15, 0.2) is 42.0 Å². The maximum Gasteiger partial charge on any atom is 0.291 e. The summed E-state index contributed by atoms with van der Waals surface area (Å²) >= 11 is 0. The smallest absolute Gasteiger partial charge is 0.291 e. The lowest BCUT2D eigenvalue weighted by atomic mass is 10.2. The number of nitrogens with one attached hydrogen (secondary N) is 1. The molecule has 20 heavy (non-hydrogen) atoms. The molecule has 2 heterocycles. The monoisotopic (exact) mass is 271 g/mol. The van der Waals surface area contributed by atoms with Gasteiger partial charge in [0.2, 0.25) is 5.88 Å². The highest BCUT2D eigenvalue weighted by molar-refractivity contribution is 6.00. The molecular weight excluding hydrogens is 258 g/mol. The largest absolute Gasteiger partial charge is 0.480 e. The summed E-state index contributed by atoms with van der Waals surface area (Å²) in [6.07, 6.45) is 6.07. The maximum absolute atomic E-state index is 11.9. The molecule has 2 aromatic heterocycles. The van der Waals surface area contributed by atoms with Crippen LogP contribution in [-0.2, 0) is 0 Å². The van der Waals surface area contributed by atoms with Crippen LogP contribution < -0.4 is 10.2 Å². The van der Waals surface area contributed by atoms with Gasteiger partial charge in [-0.25, -0.2) is 10.4 Å². The third-order valence-electron chi connectivity index (χ3n) is 2.48. The van der Waals surface area contributed by atoms with Crippen LogP contribution >= 0.6 is 0 Å². The van der Waals surface area contributed by atoms with Gasteiger partial charge in [0.15, 0.2) is 5.69 Å². The van der Waals surface area contributed by atoms with Crippen LogP contribution in [0.2, 0.25) is 0 Å². The maximum atomic E-state index is 11.9. The Bertz CT molecular complexity index is 628. The number of hydrogen-bond acceptors (Lipinski definition) is 6. The average molecular weight is 271 g/mol. The number of aromatic nitrogens is 3. The molecule has 7 heteroatoms. The summed E-state index contributed by atoms with van der Waals surface area (Å²) in [5, 5.41) is 4.01. The second-order valence-corrected chi connectivity index (χ2v) is 3.82. The average Bonchev–Trinajstić information content (AvgIpc) is 2.53. The molecule has 0 aliphatic carbocycles. The van der Waals surface area contributed by atoms with E-state index >= 15 is 0 Å². The number of pyridine rings is 1. The van der Waals surface area contributed by atoms with E-state index < -0.39 is 5.91 Å². The fourth-order valence-corrected chi connectivity index (χ4v) is 1.41. The van der Waals surface area contributed by atoms with E-state index in [2.05, 4.69) is 25.5 Å².